The van der Waals surface area contributed by atoms with E-state index in [1.54, 1.807) is 60.6 Å². The molecule has 4 rings (SSSR count). The van der Waals surface area contributed by atoms with Crippen LogP contribution in [0, 0.1) is 13.8 Å². The fourth-order valence-electron chi connectivity index (χ4n) is 3.83. The Bertz CT molecular complexity index is 1220. The van der Waals surface area contributed by atoms with Crippen LogP contribution >= 0.6 is 0 Å². The minimum absolute atomic E-state index is 0.104. The van der Waals surface area contributed by atoms with Crippen molar-refractivity contribution in [2.45, 2.75) is 18.7 Å². The number of carbonyl (C=O) groups excluding carboxylic acids is 1. The van der Waals surface area contributed by atoms with Gasteiger partial charge in [-0.2, -0.15) is 0 Å². The SMILES string of the molecule is Cc1ccc(C)c(S(=O)(=O)Nc2cccc(C(=O)N3CCN(c4ccncc4)CC3)c2)c1. The molecule has 0 bridgehead atoms. The number of hydrogen-bond donors (Lipinski definition) is 1. The summed E-state index contributed by atoms with van der Waals surface area (Å²) in [6.07, 6.45) is 3.52. The molecule has 1 amide bonds. The molecule has 32 heavy (non-hydrogen) atoms. The molecule has 0 saturated carbocycles. The zero-order chi connectivity index (χ0) is 22.7. The quantitative estimate of drug-likeness (QED) is 0.644. The first-order valence-electron chi connectivity index (χ1n) is 10.5. The molecule has 0 spiro atoms. The van der Waals surface area contributed by atoms with Crippen molar-refractivity contribution in [1.29, 1.82) is 0 Å². The fraction of sp³-hybridized carbons (Fsp3) is 0.250. The van der Waals surface area contributed by atoms with Crippen molar-refractivity contribution in [1.82, 2.24) is 9.88 Å². The third-order valence-corrected chi connectivity index (χ3v) is 7.11. The largest absolute Gasteiger partial charge is 0.368 e. The molecule has 1 aromatic heterocycles. The van der Waals surface area contributed by atoms with Crippen LogP contribution in [0.5, 0.6) is 0 Å². The normalized spacial score (nSPS) is 14.3. The van der Waals surface area contributed by atoms with Crippen LogP contribution in [0.1, 0.15) is 21.5 Å². The minimum atomic E-state index is -3.76. The number of piperazine rings is 1. The second kappa shape index (κ2) is 9.00. The number of amides is 1. The van der Waals surface area contributed by atoms with Crippen molar-refractivity contribution >= 4 is 27.3 Å². The highest BCUT2D eigenvalue weighted by molar-refractivity contribution is 7.92. The van der Waals surface area contributed by atoms with E-state index in [9.17, 15) is 13.2 Å². The number of rotatable bonds is 5. The summed E-state index contributed by atoms with van der Waals surface area (Å²) in [7, 11) is -3.76. The van der Waals surface area contributed by atoms with E-state index >= 15 is 0 Å². The molecule has 7 nitrogen and oxygen atoms in total. The van der Waals surface area contributed by atoms with Gasteiger partial charge in [0, 0.05) is 55.5 Å². The summed E-state index contributed by atoms with van der Waals surface area (Å²) in [5.41, 5.74) is 3.46. The molecule has 0 atom stereocenters. The fourth-order valence-corrected chi connectivity index (χ4v) is 5.21. The average molecular weight is 451 g/mol. The van der Waals surface area contributed by atoms with Crippen LogP contribution in [-0.4, -0.2) is 50.4 Å². The van der Waals surface area contributed by atoms with E-state index in [1.807, 2.05) is 25.1 Å². The number of benzene rings is 2. The molecule has 2 heterocycles. The van der Waals surface area contributed by atoms with Gasteiger partial charge >= 0.3 is 0 Å². The second-order valence-corrected chi connectivity index (χ2v) is 9.59. The summed E-state index contributed by atoms with van der Waals surface area (Å²) in [5, 5.41) is 0. The lowest BCUT2D eigenvalue weighted by Crippen LogP contribution is -2.48. The zero-order valence-electron chi connectivity index (χ0n) is 18.2. The lowest BCUT2D eigenvalue weighted by Gasteiger charge is -2.36. The van der Waals surface area contributed by atoms with Crippen molar-refractivity contribution < 1.29 is 13.2 Å². The van der Waals surface area contributed by atoms with Crippen molar-refractivity contribution in [2.24, 2.45) is 0 Å². The standard InChI is InChI=1S/C24H26N4O3S/c1-18-6-7-19(2)23(16-18)32(30,31)26-21-5-3-4-20(17-21)24(29)28-14-12-27(13-15-28)22-8-10-25-11-9-22/h3-11,16-17,26H,12-15H2,1-2H3. The van der Waals surface area contributed by atoms with Gasteiger partial charge < -0.3 is 9.80 Å². The maximum Gasteiger partial charge on any atom is 0.262 e. The number of aryl methyl sites for hydroxylation is 2. The average Bonchev–Trinajstić information content (AvgIpc) is 2.80. The summed E-state index contributed by atoms with van der Waals surface area (Å²) in [5.74, 6) is -0.104. The van der Waals surface area contributed by atoms with E-state index in [1.165, 1.54) is 0 Å². The molecule has 1 aliphatic rings. The Morgan fingerprint density at radius 2 is 1.66 bits per heavy atom. The van der Waals surface area contributed by atoms with E-state index in [2.05, 4.69) is 14.6 Å². The maximum absolute atomic E-state index is 13.0. The molecule has 0 radical (unpaired) electrons. The molecule has 0 aliphatic carbocycles. The van der Waals surface area contributed by atoms with Crippen LogP contribution in [0.25, 0.3) is 0 Å². The van der Waals surface area contributed by atoms with Crippen molar-refractivity contribution in [3.63, 3.8) is 0 Å². The van der Waals surface area contributed by atoms with Crippen LogP contribution < -0.4 is 9.62 Å². The van der Waals surface area contributed by atoms with Gasteiger partial charge in [0.15, 0.2) is 0 Å². The second-order valence-electron chi connectivity index (χ2n) is 7.94. The maximum atomic E-state index is 13.0. The molecule has 0 unspecified atom stereocenters. The Morgan fingerprint density at radius 1 is 0.938 bits per heavy atom. The number of aromatic nitrogens is 1. The summed E-state index contributed by atoms with van der Waals surface area (Å²) in [6, 6.07) is 15.9. The molecule has 8 heteroatoms. The molecular weight excluding hydrogens is 424 g/mol. The van der Waals surface area contributed by atoms with Gasteiger partial charge in [-0.1, -0.05) is 18.2 Å². The molecule has 1 saturated heterocycles. The van der Waals surface area contributed by atoms with Crippen LogP contribution in [-0.2, 0) is 10.0 Å². The predicted molar refractivity (Wildman–Crippen MR) is 126 cm³/mol. The Hall–Kier alpha value is -3.39. The number of nitrogens with one attached hydrogen (secondary N) is 1. The molecule has 1 aliphatic heterocycles. The van der Waals surface area contributed by atoms with Crippen LogP contribution in [0.15, 0.2) is 71.9 Å². The molecular formula is C24H26N4O3S. The number of hydrogen-bond acceptors (Lipinski definition) is 5. The first-order chi connectivity index (χ1) is 15.3. The number of nitrogens with zero attached hydrogens (tertiary/aromatic N) is 3. The molecule has 1 N–H and O–H groups in total. The van der Waals surface area contributed by atoms with Gasteiger partial charge in [0.05, 0.1) is 4.90 Å². The Morgan fingerprint density at radius 3 is 2.38 bits per heavy atom. The zero-order valence-corrected chi connectivity index (χ0v) is 19.0. The van der Waals surface area contributed by atoms with Crippen molar-refractivity contribution in [2.75, 3.05) is 35.8 Å². The van der Waals surface area contributed by atoms with Gasteiger partial charge in [-0.3, -0.25) is 14.5 Å². The van der Waals surface area contributed by atoms with E-state index < -0.39 is 10.0 Å². The Balaban J connectivity index is 1.46. The van der Waals surface area contributed by atoms with Crippen molar-refractivity contribution in [3.05, 3.63) is 83.7 Å². The van der Waals surface area contributed by atoms with Crippen LogP contribution in [0.4, 0.5) is 11.4 Å². The first kappa shape index (κ1) is 21.8. The highest BCUT2D eigenvalue weighted by atomic mass is 32.2. The van der Waals surface area contributed by atoms with Crippen molar-refractivity contribution in [3.8, 4) is 0 Å². The minimum Gasteiger partial charge on any atom is -0.368 e. The van der Waals surface area contributed by atoms with Gasteiger partial charge in [0.2, 0.25) is 0 Å². The molecule has 1 fully saturated rings. The van der Waals surface area contributed by atoms with Gasteiger partial charge in [-0.15, -0.1) is 0 Å². The summed E-state index contributed by atoms with van der Waals surface area (Å²) in [4.78, 5) is 21.4. The molecule has 3 aromatic rings. The molecule has 2 aromatic carbocycles. The topological polar surface area (TPSA) is 82.6 Å². The number of carbonyl (C=O) groups is 1. The van der Waals surface area contributed by atoms with Crippen LogP contribution in [0.3, 0.4) is 0 Å². The van der Waals surface area contributed by atoms with E-state index in [4.69, 9.17) is 0 Å². The number of anilines is 2. The van der Waals surface area contributed by atoms with Crippen LogP contribution in [0.2, 0.25) is 0 Å². The Kier molecular flexibility index (Phi) is 6.14. The highest BCUT2D eigenvalue weighted by Gasteiger charge is 2.23. The van der Waals surface area contributed by atoms with E-state index in [-0.39, 0.29) is 10.8 Å². The van der Waals surface area contributed by atoms with Gasteiger partial charge in [-0.05, 0) is 61.4 Å². The summed E-state index contributed by atoms with van der Waals surface area (Å²) in [6.45, 7) is 6.27. The number of pyridine rings is 1. The third-order valence-electron chi connectivity index (χ3n) is 5.59. The Labute approximate surface area is 188 Å². The monoisotopic (exact) mass is 450 g/mol. The smallest absolute Gasteiger partial charge is 0.262 e. The summed E-state index contributed by atoms with van der Waals surface area (Å²) >= 11 is 0. The van der Waals surface area contributed by atoms with Gasteiger partial charge in [0.25, 0.3) is 15.9 Å². The molecule has 166 valence electrons. The predicted octanol–water partition coefficient (Wildman–Crippen LogP) is 3.46. The lowest BCUT2D eigenvalue weighted by atomic mass is 10.1. The van der Waals surface area contributed by atoms with E-state index in [0.717, 1.165) is 24.3 Å². The van der Waals surface area contributed by atoms with Gasteiger partial charge in [0.1, 0.15) is 0 Å². The number of sulfonamides is 1. The highest BCUT2D eigenvalue weighted by Crippen LogP contribution is 2.22. The van der Waals surface area contributed by atoms with Gasteiger partial charge in [-0.25, -0.2) is 8.42 Å². The van der Waals surface area contributed by atoms with E-state index in [0.29, 0.717) is 29.9 Å². The third kappa shape index (κ3) is 4.75. The summed E-state index contributed by atoms with van der Waals surface area (Å²) < 4.78 is 28.4. The first-order valence-corrected chi connectivity index (χ1v) is 12.0. The lowest BCUT2D eigenvalue weighted by molar-refractivity contribution is 0.0747.